The molecule has 4 heteroatoms. The van der Waals surface area contributed by atoms with Crippen molar-refractivity contribution < 1.29 is 10.2 Å². The van der Waals surface area contributed by atoms with E-state index in [9.17, 15) is 10.2 Å². The molecular formula is C17H18N2O2. The number of nitrogens with one attached hydrogen (secondary N) is 1. The Morgan fingerprint density at radius 1 is 0.952 bits per heavy atom. The predicted molar refractivity (Wildman–Crippen MR) is 80.9 cm³/mol. The maximum Gasteiger partial charge on any atom is 0.124 e. The molecule has 0 amide bonds. The number of nitrogens with zero attached hydrogens (tertiary/aromatic N) is 1. The van der Waals surface area contributed by atoms with Crippen molar-refractivity contribution in [3.05, 3.63) is 59.2 Å². The van der Waals surface area contributed by atoms with Crippen LogP contribution in [0.15, 0.2) is 42.5 Å². The van der Waals surface area contributed by atoms with E-state index >= 15 is 0 Å². The first kappa shape index (κ1) is 14.9. The average Bonchev–Trinajstić information content (AvgIpc) is 2.47. The second-order valence-corrected chi connectivity index (χ2v) is 5.05. The molecule has 0 bridgehead atoms. The zero-order valence-corrected chi connectivity index (χ0v) is 12.0. The first-order chi connectivity index (χ1) is 10.0. The molecule has 0 aromatic heterocycles. The standard InChI is InChI=1S/C17H18N2O2/c1-11(14-8-6-13(10-18)7-9-14)19-12(2)17-15(20)4-3-5-16(17)21/h3-9,11-12,19-21H,1-2H3. The summed E-state index contributed by atoms with van der Waals surface area (Å²) in [6.45, 7) is 3.88. The molecule has 4 nitrogen and oxygen atoms in total. The molecule has 21 heavy (non-hydrogen) atoms. The van der Waals surface area contributed by atoms with Crippen molar-refractivity contribution in [3.63, 3.8) is 0 Å². The highest BCUT2D eigenvalue weighted by Gasteiger charge is 2.17. The zero-order chi connectivity index (χ0) is 15.4. The fourth-order valence-corrected chi connectivity index (χ4v) is 2.39. The molecule has 2 aromatic carbocycles. The average molecular weight is 282 g/mol. The monoisotopic (exact) mass is 282 g/mol. The number of aromatic hydroxyl groups is 2. The van der Waals surface area contributed by atoms with Gasteiger partial charge in [-0.1, -0.05) is 18.2 Å². The predicted octanol–water partition coefficient (Wildman–Crippen LogP) is 3.38. The smallest absolute Gasteiger partial charge is 0.124 e. The van der Waals surface area contributed by atoms with Gasteiger partial charge in [-0.05, 0) is 43.7 Å². The van der Waals surface area contributed by atoms with E-state index in [0.717, 1.165) is 5.56 Å². The summed E-state index contributed by atoms with van der Waals surface area (Å²) < 4.78 is 0. The quantitative estimate of drug-likeness (QED) is 0.803. The summed E-state index contributed by atoms with van der Waals surface area (Å²) in [5.41, 5.74) is 2.14. The molecule has 0 spiro atoms. The Morgan fingerprint density at radius 3 is 2.05 bits per heavy atom. The minimum absolute atomic E-state index is 0.0201. The van der Waals surface area contributed by atoms with Crippen molar-refractivity contribution in [2.45, 2.75) is 25.9 Å². The third kappa shape index (κ3) is 3.33. The van der Waals surface area contributed by atoms with Gasteiger partial charge in [-0.15, -0.1) is 0 Å². The normalized spacial score (nSPS) is 13.4. The Balaban J connectivity index is 2.15. The minimum Gasteiger partial charge on any atom is -0.507 e. The number of hydrogen-bond donors (Lipinski definition) is 3. The molecule has 0 aliphatic heterocycles. The van der Waals surface area contributed by atoms with Gasteiger partial charge < -0.3 is 15.5 Å². The Bertz CT molecular complexity index is 639. The van der Waals surface area contributed by atoms with Gasteiger partial charge in [0.05, 0.1) is 17.2 Å². The molecule has 0 saturated carbocycles. The highest BCUT2D eigenvalue weighted by molar-refractivity contribution is 5.45. The van der Waals surface area contributed by atoms with Gasteiger partial charge >= 0.3 is 0 Å². The molecule has 0 heterocycles. The number of hydrogen-bond acceptors (Lipinski definition) is 4. The van der Waals surface area contributed by atoms with E-state index in [4.69, 9.17) is 5.26 Å². The summed E-state index contributed by atoms with van der Waals surface area (Å²) in [4.78, 5) is 0. The Kier molecular flexibility index (Phi) is 4.46. The molecule has 0 saturated heterocycles. The summed E-state index contributed by atoms with van der Waals surface area (Å²) in [5, 5.41) is 31.9. The zero-order valence-electron chi connectivity index (χ0n) is 12.0. The number of phenols is 2. The third-order valence-electron chi connectivity index (χ3n) is 3.53. The fraction of sp³-hybridized carbons (Fsp3) is 0.235. The van der Waals surface area contributed by atoms with E-state index in [-0.39, 0.29) is 23.6 Å². The van der Waals surface area contributed by atoms with Crippen molar-refractivity contribution in [1.82, 2.24) is 5.32 Å². The third-order valence-corrected chi connectivity index (χ3v) is 3.53. The number of nitriles is 1. The second kappa shape index (κ2) is 6.29. The van der Waals surface area contributed by atoms with E-state index in [1.165, 1.54) is 0 Å². The number of rotatable bonds is 4. The van der Waals surface area contributed by atoms with Crippen LogP contribution in [0.25, 0.3) is 0 Å². The van der Waals surface area contributed by atoms with Crippen LogP contribution in [-0.2, 0) is 0 Å². The molecule has 3 N–H and O–H groups in total. The second-order valence-electron chi connectivity index (χ2n) is 5.05. The van der Waals surface area contributed by atoms with Gasteiger partial charge in [-0.2, -0.15) is 5.26 Å². The Hall–Kier alpha value is -2.51. The van der Waals surface area contributed by atoms with E-state index in [2.05, 4.69) is 11.4 Å². The molecular weight excluding hydrogens is 264 g/mol. The first-order valence-corrected chi connectivity index (χ1v) is 6.80. The maximum atomic E-state index is 9.88. The van der Waals surface area contributed by atoms with Crippen molar-refractivity contribution in [1.29, 1.82) is 5.26 Å². The number of benzene rings is 2. The topological polar surface area (TPSA) is 76.3 Å². The molecule has 2 rings (SSSR count). The van der Waals surface area contributed by atoms with Crippen molar-refractivity contribution in [2.24, 2.45) is 0 Å². The largest absolute Gasteiger partial charge is 0.507 e. The molecule has 0 fully saturated rings. The van der Waals surface area contributed by atoms with E-state index in [1.807, 2.05) is 26.0 Å². The highest BCUT2D eigenvalue weighted by atomic mass is 16.3. The lowest BCUT2D eigenvalue weighted by Crippen LogP contribution is -2.22. The van der Waals surface area contributed by atoms with Crippen LogP contribution in [0, 0.1) is 11.3 Å². The van der Waals surface area contributed by atoms with Crippen LogP contribution in [0.1, 0.15) is 42.6 Å². The lowest BCUT2D eigenvalue weighted by molar-refractivity contribution is 0.407. The van der Waals surface area contributed by atoms with Crippen LogP contribution in [-0.4, -0.2) is 10.2 Å². The highest BCUT2D eigenvalue weighted by Crippen LogP contribution is 2.33. The molecule has 0 aliphatic carbocycles. The van der Waals surface area contributed by atoms with Crippen LogP contribution in [0.2, 0.25) is 0 Å². The van der Waals surface area contributed by atoms with Crippen LogP contribution < -0.4 is 5.32 Å². The molecule has 2 aromatic rings. The van der Waals surface area contributed by atoms with Crippen molar-refractivity contribution in [3.8, 4) is 17.6 Å². The minimum atomic E-state index is -0.211. The van der Waals surface area contributed by atoms with Gasteiger partial charge in [0.1, 0.15) is 11.5 Å². The lowest BCUT2D eigenvalue weighted by Gasteiger charge is -2.22. The van der Waals surface area contributed by atoms with Gasteiger partial charge in [0.2, 0.25) is 0 Å². The molecule has 108 valence electrons. The lowest BCUT2D eigenvalue weighted by atomic mass is 10.0. The van der Waals surface area contributed by atoms with Crippen molar-refractivity contribution >= 4 is 0 Å². The van der Waals surface area contributed by atoms with Crippen LogP contribution >= 0.6 is 0 Å². The van der Waals surface area contributed by atoms with Gasteiger partial charge in [0.15, 0.2) is 0 Å². The molecule has 2 atom stereocenters. The summed E-state index contributed by atoms with van der Waals surface area (Å²) in [6.07, 6.45) is 0. The van der Waals surface area contributed by atoms with Crippen LogP contribution in [0.5, 0.6) is 11.5 Å². The summed E-state index contributed by atoms with van der Waals surface area (Å²) in [7, 11) is 0. The Morgan fingerprint density at radius 2 is 1.52 bits per heavy atom. The van der Waals surface area contributed by atoms with Crippen LogP contribution in [0.4, 0.5) is 0 Å². The van der Waals surface area contributed by atoms with Gasteiger partial charge in [0, 0.05) is 12.1 Å². The van der Waals surface area contributed by atoms with Gasteiger partial charge in [0.25, 0.3) is 0 Å². The van der Waals surface area contributed by atoms with Gasteiger partial charge in [-0.25, -0.2) is 0 Å². The number of phenolic OH excluding ortho intramolecular Hbond substituents is 2. The maximum absolute atomic E-state index is 9.88. The summed E-state index contributed by atoms with van der Waals surface area (Å²) in [5.74, 6) is 0.143. The Labute approximate surface area is 124 Å². The SMILES string of the molecule is CC(NC(C)c1c(O)cccc1O)c1ccc(C#N)cc1. The molecule has 0 aliphatic rings. The van der Waals surface area contributed by atoms with E-state index < -0.39 is 0 Å². The van der Waals surface area contributed by atoms with Crippen molar-refractivity contribution in [2.75, 3.05) is 0 Å². The summed E-state index contributed by atoms with van der Waals surface area (Å²) >= 11 is 0. The summed E-state index contributed by atoms with van der Waals surface area (Å²) in [6, 6.07) is 13.9. The van der Waals surface area contributed by atoms with E-state index in [1.54, 1.807) is 30.3 Å². The van der Waals surface area contributed by atoms with Gasteiger partial charge in [-0.3, -0.25) is 0 Å². The van der Waals surface area contributed by atoms with E-state index in [0.29, 0.717) is 11.1 Å². The first-order valence-electron chi connectivity index (χ1n) is 6.80. The molecule has 0 radical (unpaired) electrons. The fourth-order valence-electron chi connectivity index (χ4n) is 2.39. The van der Waals surface area contributed by atoms with Crippen LogP contribution in [0.3, 0.4) is 0 Å². The molecule has 2 unspecified atom stereocenters.